The number of hydrogen-bond acceptors (Lipinski definition) is 4. The fourth-order valence-electron chi connectivity index (χ4n) is 2.51. The average molecular weight is 280 g/mol. The highest BCUT2D eigenvalue weighted by atomic mass is 16.4. The molecular weight excluding hydrogens is 260 g/mol. The molecule has 1 fully saturated rings. The lowest BCUT2D eigenvalue weighted by atomic mass is 9.82. The molecule has 0 aromatic carbocycles. The van der Waals surface area contributed by atoms with Crippen molar-refractivity contribution in [2.75, 3.05) is 19.6 Å². The fourth-order valence-corrected chi connectivity index (χ4v) is 2.51. The van der Waals surface area contributed by atoms with Crippen LogP contribution in [0.5, 0.6) is 0 Å². The van der Waals surface area contributed by atoms with Gasteiger partial charge in [-0.25, -0.2) is 0 Å². The van der Waals surface area contributed by atoms with Crippen LogP contribution in [0.1, 0.15) is 25.5 Å². The van der Waals surface area contributed by atoms with Gasteiger partial charge in [-0.2, -0.15) is 0 Å². The third-order valence-corrected chi connectivity index (χ3v) is 3.70. The van der Waals surface area contributed by atoms with Gasteiger partial charge in [0.1, 0.15) is 5.76 Å². The first-order valence-corrected chi connectivity index (χ1v) is 6.74. The van der Waals surface area contributed by atoms with Crippen molar-refractivity contribution in [3.05, 3.63) is 24.2 Å². The van der Waals surface area contributed by atoms with E-state index < -0.39 is 11.4 Å². The number of nitrogens with zero attached hydrogens (tertiary/aromatic N) is 1. The van der Waals surface area contributed by atoms with Crippen molar-refractivity contribution < 1.29 is 19.1 Å². The van der Waals surface area contributed by atoms with Crippen molar-refractivity contribution in [2.24, 2.45) is 5.41 Å². The first-order chi connectivity index (χ1) is 9.49. The number of likely N-dealkylation sites (tertiary alicyclic amines) is 1. The van der Waals surface area contributed by atoms with Gasteiger partial charge in [-0.3, -0.25) is 14.5 Å². The van der Waals surface area contributed by atoms with E-state index >= 15 is 0 Å². The molecule has 1 aromatic heterocycles. The van der Waals surface area contributed by atoms with Crippen LogP contribution in [0.4, 0.5) is 0 Å². The van der Waals surface area contributed by atoms with Crippen LogP contribution in [0, 0.1) is 5.41 Å². The number of hydrogen-bond donors (Lipinski definition) is 2. The quantitative estimate of drug-likeness (QED) is 0.843. The zero-order valence-corrected chi connectivity index (χ0v) is 11.6. The molecule has 0 bridgehead atoms. The summed E-state index contributed by atoms with van der Waals surface area (Å²) in [4.78, 5) is 25.0. The Balaban J connectivity index is 1.80. The van der Waals surface area contributed by atoms with Gasteiger partial charge in [0, 0.05) is 6.54 Å². The van der Waals surface area contributed by atoms with Gasteiger partial charge in [0.15, 0.2) is 0 Å². The van der Waals surface area contributed by atoms with Gasteiger partial charge in [0.25, 0.3) is 0 Å². The lowest BCUT2D eigenvalue weighted by molar-refractivity contribution is -0.151. The van der Waals surface area contributed by atoms with E-state index in [0.717, 1.165) is 13.0 Å². The third-order valence-electron chi connectivity index (χ3n) is 3.70. The molecule has 0 aliphatic carbocycles. The minimum Gasteiger partial charge on any atom is -0.481 e. The lowest BCUT2D eigenvalue weighted by Gasteiger charge is -2.37. The van der Waals surface area contributed by atoms with Gasteiger partial charge >= 0.3 is 5.97 Å². The van der Waals surface area contributed by atoms with Gasteiger partial charge in [-0.15, -0.1) is 0 Å². The number of rotatable bonds is 5. The van der Waals surface area contributed by atoms with Crippen molar-refractivity contribution in [2.45, 2.75) is 26.3 Å². The van der Waals surface area contributed by atoms with E-state index in [2.05, 4.69) is 5.32 Å². The number of nitrogens with one attached hydrogen (secondary N) is 1. The molecule has 1 aliphatic heterocycles. The molecule has 1 atom stereocenters. The fraction of sp³-hybridized carbons (Fsp3) is 0.571. The Hall–Kier alpha value is -1.82. The van der Waals surface area contributed by atoms with Crippen molar-refractivity contribution in [1.82, 2.24) is 10.2 Å². The van der Waals surface area contributed by atoms with E-state index in [-0.39, 0.29) is 12.5 Å². The molecule has 20 heavy (non-hydrogen) atoms. The molecule has 0 saturated carbocycles. The highest BCUT2D eigenvalue weighted by Gasteiger charge is 2.38. The van der Waals surface area contributed by atoms with E-state index in [1.54, 1.807) is 25.3 Å². The Morgan fingerprint density at radius 2 is 2.35 bits per heavy atom. The number of carboxylic acid groups (broad SMARTS) is 1. The van der Waals surface area contributed by atoms with Gasteiger partial charge < -0.3 is 14.8 Å². The van der Waals surface area contributed by atoms with Crippen LogP contribution in [-0.4, -0.2) is 41.5 Å². The second kappa shape index (κ2) is 6.09. The Kier molecular flexibility index (Phi) is 4.44. The molecule has 1 saturated heterocycles. The molecule has 0 spiro atoms. The maximum absolute atomic E-state index is 11.8. The normalized spacial score (nSPS) is 23.4. The molecule has 2 heterocycles. The Bertz CT molecular complexity index is 472. The number of amides is 1. The topological polar surface area (TPSA) is 82.8 Å². The molecule has 0 radical (unpaired) electrons. The smallest absolute Gasteiger partial charge is 0.310 e. The van der Waals surface area contributed by atoms with Crippen LogP contribution >= 0.6 is 0 Å². The summed E-state index contributed by atoms with van der Waals surface area (Å²) in [6.07, 6.45) is 3.02. The van der Waals surface area contributed by atoms with Crippen LogP contribution in [-0.2, 0) is 16.1 Å². The van der Waals surface area contributed by atoms with Crippen molar-refractivity contribution >= 4 is 11.9 Å². The minimum atomic E-state index is -0.793. The number of aliphatic carboxylic acids is 1. The van der Waals surface area contributed by atoms with Crippen molar-refractivity contribution in [3.8, 4) is 0 Å². The summed E-state index contributed by atoms with van der Waals surface area (Å²) >= 11 is 0. The first kappa shape index (κ1) is 14.6. The van der Waals surface area contributed by atoms with Crippen LogP contribution in [0.25, 0.3) is 0 Å². The third kappa shape index (κ3) is 3.60. The number of piperidine rings is 1. The highest BCUT2D eigenvalue weighted by Crippen LogP contribution is 2.29. The Labute approximate surface area is 117 Å². The van der Waals surface area contributed by atoms with Gasteiger partial charge in [0.05, 0.1) is 24.8 Å². The van der Waals surface area contributed by atoms with E-state index in [4.69, 9.17) is 4.42 Å². The van der Waals surface area contributed by atoms with E-state index in [1.807, 2.05) is 4.90 Å². The molecule has 2 N–H and O–H groups in total. The minimum absolute atomic E-state index is 0.115. The van der Waals surface area contributed by atoms with E-state index in [0.29, 0.717) is 25.3 Å². The molecule has 6 nitrogen and oxygen atoms in total. The maximum atomic E-state index is 11.8. The molecule has 1 aliphatic rings. The van der Waals surface area contributed by atoms with E-state index in [1.165, 1.54) is 0 Å². The van der Waals surface area contributed by atoms with Crippen LogP contribution in [0.15, 0.2) is 22.8 Å². The highest BCUT2D eigenvalue weighted by molar-refractivity contribution is 5.78. The lowest BCUT2D eigenvalue weighted by Crippen LogP contribution is -2.49. The van der Waals surface area contributed by atoms with Crippen molar-refractivity contribution in [1.29, 1.82) is 0 Å². The number of carboxylic acids is 1. The second-order valence-electron chi connectivity index (χ2n) is 5.54. The standard InChI is InChI=1S/C14H20N2O4/c1-14(13(18)19)5-3-6-16(10-14)9-12(17)15-8-11-4-2-7-20-11/h2,4,7H,3,5-6,8-10H2,1H3,(H,15,17)(H,18,19). The summed E-state index contributed by atoms with van der Waals surface area (Å²) in [5, 5.41) is 12.0. The second-order valence-corrected chi connectivity index (χ2v) is 5.54. The summed E-state index contributed by atoms with van der Waals surface area (Å²) < 4.78 is 5.13. The summed E-state index contributed by atoms with van der Waals surface area (Å²) in [6.45, 7) is 3.50. The first-order valence-electron chi connectivity index (χ1n) is 6.74. The number of carbonyl (C=O) groups is 2. The molecule has 1 amide bonds. The summed E-state index contributed by atoms with van der Waals surface area (Å²) in [7, 11) is 0. The summed E-state index contributed by atoms with van der Waals surface area (Å²) in [6, 6.07) is 3.56. The van der Waals surface area contributed by atoms with Gasteiger partial charge in [0.2, 0.25) is 5.91 Å². The van der Waals surface area contributed by atoms with Crippen LogP contribution in [0.3, 0.4) is 0 Å². The Morgan fingerprint density at radius 3 is 3.00 bits per heavy atom. The van der Waals surface area contributed by atoms with Crippen molar-refractivity contribution in [3.63, 3.8) is 0 Å². The molecule has 110 valence electrons. The number of carbonyl (C=O) groups excluding carboxylic acids is 1. The summed E-state index contributed by atoms with van der Waals surface area (Å²) in [5.41, 5.74) is -0.750. The molecule has 1 aromatic rings. The Morgan fingerprint density at radius 1 is 1.55 bits per heavy atom. The molecule has 2 rings (SSSR count). The largest absolute Gasteiger partial charge is 0.481 e. The van der Waals surface area contributed by atoms with Crippen LogP contribution < -0.4 is 5.32 Å². The predicted molar refractivity (Wildman–Crippen MR) is 72.0 cm³/mol. The summed E-state index contributed by atoms with van der Waals surface area (Å²) in [5.74, 6) is -0.207. The maximum Gasteiger partial charge on any atom is 0.310 e. The van der Waals surface area contributed by atoms with E-state index in [9.17, 15) is 14.7 Å². The average Bonchev–Trinajstić information content (AvgIpc) is 2.89. The molecule has 1 unspecified atom stereocenters. The monoisotopic (exact) mass is 280 g/mol. The number of furan rings is 1. The predicted octanol–water partition coefficient (Wildman–Crippen LogP) is 1.08. The molecule has 6 heteroatoms. The van der Waals surface area contributed by atoms with Gasteiger partial charge in [-0.05, 0) is 38.4 Å². The van der Waals surface area contributed by atoms with Crippen LogP contribution in [0.2, 0.25) is 0 Å². The van der Waals surface area contributed by atoms with Gasteiger partial charge in [-0.1, -0.05) is 0 Å². The molecular formula is C14H20N2O4. The zero-order valence-electron chi connectivity index (χ0n) is 11.6. The SMILES string of the molecule is CC1(C(=O)O)CCCN(CC(=O)NCc2ccco2)C1. The zero-order chi connectivity index (χ0) is 14.6.